The van der Waals surface area contributed by atoms with Gasteiger partial charge in [-0.3, -0.25) is 4.79 Å². The van der Waals surface area contributed by atoms with E-state index >= 15 is 0 Å². The van der Waals surface area contributed by atoms with Gasteiger partial charge in [-0.05, 0) is 32.4 Å². The number of hydrogen-bond acceptors (Lipinski definition) is 2. The molecule has 18 heavy (non-hydrogen) atoms. The van der Waals surface area contributed by atoms with Gasteiger partial charge in [0.1, 0.15) is 0 Å². The van der Waals surface area contributed by atoms with E-state index in [-0.39, 0.29) is 12.5 Å². The molecule has 2 rings (SSSR count). The number of aromatic amines is 1. The third-order valence-electron chi connectivity index (χ3n) is 3.15. The van der Waals surface area contributed by atoms with E-state index in [1.807, 2.05) is 26.0 Å². The van der Waals surface area contributed by atoms with E-state index in [1.54, 1.807) is 13.0 Å². The number of aryl methyl sites for hydroxylation is 2. The van der Waals surface area contributed by atoms with E-state index in [1.165, 1.54) is 0 Å². The van der Waals surface area contributed by atoms with Gasteiger partial charge in [-0.1, -0.05) is 12.1 Å². The molecule has 3 N–H and O–H groups in total. The maximum absolute atomic E-state index is 12.0. The highest BCUT2D eigenvalue weighted by molar-refractivity contribution is 6.06. The maximum atomic E-state index is 12.0. The molecule has 0 saturated heterocycles. The normalized spacial score (nSPS) is 12.7. The third-order valence-corrected chi connectivity index (χ3v) is 3.15. The molecule has 2 aromatic rings. The summed E-state index contributed by atoms with van der Waals surface area (Å²) < 4.78 is 0. The molecule has 0 fully saturated rings. The van der Waals surface area contributed by atoms with Gasteiger partial charge in [0.2, 0.25) is 0 Å². The molecule has 1 heterocycles. The Bertz CT molecular complexity index is 585. The van der Waals surface area contributed by atoms with E-state index < -0.39 is 6.10 Å². The fourth-order valence-corrected chi connectivity index (χ4v) is 2.01. The van der Waals surface area contributed by atoms with Gasteiger partial charge in [0.05, 0.1) is 17.2 Å². The monoisotopic (exact) mass is 246 g/mol. The fourth-order valence-electron chi connectivity index (χ4n) is 2.01. The van der Waals surface area contributed by atoms with E-state index in [4.69, 9.17) is 0 Å². The molecule has 1 aromatic heterocycles. The Balaban J connectivity index is 2.39. The number of aromatic nitrogens is 1. The van der Waals surface area contributed by atoms with Crippen molar-refractivity contribution in [3.05, 3.63) is 35.0 Å². The number of hydrogen-bond donors (Lipinski definition) is 3. The number of carbonyl (C=O) groups is 1. The molecule has 0 aliphatic carbocycles. The molecule has 0 aliphatic rings. The summed E-state index contributed by atoms with van der Waals surface area (Å²) in [5.74, 6) is -0.164. The van der Waals surface area contributed by atoms with Crippen molar-refractivity contribution in [3.8, 4) is 0 Å². The van der Waals surface area contributed by atoms with Gasteiger partial charge in [-0.15, -0.1) is 0 Å². The number of aliphatic hydroxyl groups is 1. The Kier molecular flexibility index (Phi) is 3.39. The topological polar surface area (TPSA) is 65.1 Å². The molecule has 0 bridgehead atoms. The summed E-state index contributed by atoms with van der Waals surface area (Å²) in [6.07, 6.45) is -0.541. The Labute approximate surface area is 106 Å². The highest BCUT2D eigenvalue weighted by Gasteiger charge is 2.13. The SMILES string of the molecule is Cc1[nH]c2c(C(=O)NC[C@H](C)O)cccc2c1C. The second kappa shape index (κ2) is 4.82. The van der Waals surface area contributed by atoms with Crippen molar-refractivity contribution in [3.63, 3.8) is 0 Å². The van der Waals surface area contributed by atoms with Crippen LogP contribution in [0.4, 0.5) is 0 Å². The Morgan fingerprint density at radius 1 is 1.44 bits per heavy atom. The molecule has 0 saturated carbocycles. The summed E-state index contributed by atoms with van der Waals surface area (Å²) in [4.78, 5) is 15.3. The summed E-state index contributed by atoms with van der Waals surface area (Å²) in [7, 11) is 0. The highest BCUT2D eigenvalue weighted by atomic mass is 16.3. The average molecular weight is 246 g/mol. The lowest BCUT2D eigenvalue weighted by molar-refractivity contribution is 0.0925. The number of aliphatic hydroxyl groups excluding tert-OH is 1. The van der Waals surface area contributed by atoms with E-state index in [9.17, 15) is 9.90 Å². The van der Waals surface area contributed by atoms with Crippen LogP contribution >= 0.6 is 0 Å². The quantitative estimate of drug-likeness (QED) is 0.774. The number of H-pyrrole nitrogens is 1. The number of carbonyl (C=O) groups excluding carboxylic acids is 1. The van der Waals surface area contributed by atoms with Gasteiger partial charge in [-0.2, -0.15) is 0 Å². The van der Waals surface area contributed by atoms with Crippen LogP contribution in [0.1, 0.15) is 28.5 Å². The van der Waals surface area contributed by atoms with E-state index in [0.29, 0.717) is 5.56 Å². The summed E-state index contributed by atoms with van der Waals surface area (Å²) in [6, 6.07) is 5.66. The van der Waals surface area contributed by atoms with Crippen molar-refractivity contribution in [1.82, 2.24) is 10.3 Å². The molecule has 1 atom stereocenters. The molecule has 0 radical (unpaired) electrons. The number of nitrogens with one attached hydrogen (secondary N) is 2. The molecule has 1 aromatic carbocycles. The van der Waals surface area contributed by atoms with Crippen molar-refractivity contribution in [2.75, 3.05) is 6.54 Å². The van der Waals surface area contributed by atoms with Crippen molar-refractivity contribution < 1.29 is 9.90 Å². The zero-order valence-corrected chi connectivity index (χ0v) is 10.9. The Morgan fingerprint density at radius 2 is 2.17 bits per heavy atom. The van der Waals surface area contributed by atoms with Crippen LogP contribution in [0, 0.1) is 13.8 Å². The van der Waals surface area contributed by atoms with Crippen molar-refractivity contribution in [2.45, 2.75) is 26.9 Å². The van der Waals surface area contributed by atoms with E-state index in [2.05, 4.69) is 10.3 Å². The molecule has 4 nitrogen and oxygen atoms in total. The largest absolute Gasteiger partial charge is 0.392 e. The third kappa shape index (κ3) is 2.24. The standard InChI is InChI=1S/C14H18N2O2/c1-8(17)7-15-14(18)12-6-4-5-11-9(2)10(3)16-13(11)12/h4-6,8,16-17H,7H2,1-3H3,(H,15,18)/t8-/m0/s1. The van der Waals surface area contributed by atoms with Crippen LogP contribution in [0.25, 0.3) is 10.9 Å². The van der Waals surface area contributed by atoms with Crippen LogP contribution in [0.15, 0.2) is 18.2 Å². The predicted octanol–water partition coefficient (Wildman–Crippen LogP) is 1.90. The Hall–Kier alpha value is -1.81. The molecule has 0 spiro atoms. The van der Waals surface area contributed by atoms with Gasteiger partial charge < -0.3 is 15.4 Å². The molecule has 96 valence electrons. The molecule has 0 aliphatic heterocycles. The highest BCUT2D eigenvalue weighted by Crippen LogP contribution is 2.24. The minimum Gasteiger partial charge on any atom is -0.392 e. The van der Waals surface area contributed by atoms with Crippen molar-refractivity contribution in [2.24, 2.45) is 0 Å². The number of rotatable bonds is 3. The first-order valence-electron chi connectivity index (χ1n) is 6.05. The Morgan fingerprint density at radius 3 is 2.83 bits per heavy atom. The summed E-state index contributed by atoms with van der Waals surface area (Å²) in [6.45, 7) is 5.93. The van der Waals surface area contributed by atoms with Gasteiger partial charge >= 0.3 is 0 Å². The molecular formula is C14H18N2O2. The number of para-hydroxylation sites is 1. The minimum absolute atomic E-state index is 0.164. The van der Waals surface area contributed by atoms with Gasteiger partial charge in [0, 0.05) is 17.6 Å². The summed E-state index contributed by atoms with van der Waals surface area (Å²) in [5, 5.41) is 13.0. The first-order chi connectivity index (χ1) is 8.50. The second-order valence-electron chi connectivity index (χ2n) is 4.66. The first-order valence-corrected chi connectivity index (χ1v) is 6.05. The van der Waals surface area contributed by atoms with E-state index in [0.717, 1.165) is 22.2 Å². The van der Waals surface area contributed by atoms with Gasteiger partial charge in [0.15, 0.2) is 0 Å². The van der Waals surface area contributed by atoms with Crippen molar-refractivity contribution in [1.29, 1.82) is 0 Å². The van der Waals surface area contributed by atoms with Crippen LogP contribution in [0.2, 0.25) is 0 Å². The molecular weight excluding hydrogens is 228 g/mol. The lowest BCUT2D eigenvalue weighted by Gasteiger charge is -2.07. The lowest BCUT2D eigenvalue weighted by atomic mass is 10.1. The van der Waals surface area contributed by atoms with Crippen LogP contribution in [-0.2, 0) is 0 Å². The van der Waals surface area contributed by atoms with Crippen LogP contribution < -0.4 is 5.32 Å². The summed E-state index contributed by atoms with van der Waals surface area (Å²) in [5.41, 5.74) is 3.70. The predicted molar refractivity (Wildman–Crippen MR) is 71.8 cm³/mol. The smallest absolute Gasteiger partial charge is 0.253 e. The zero-order chi connectivity index (χ0) is 13.3. The fraction of sp³-hybridized carbons (Fsp3) is 0.357. The van der Waals surface area contributed by atoms with Crippen LogP contribution in [0.3, 0.4) is 0 Å². The first kappa shape index (κ1) is 12.6. The van der Waals surface area contributed by atoms with Gasteiger partial charge in [-0.25, -0.2) is 0 Å². The van der Waals surface area contributed by atoms with Crippen LogP contribution in [-0.4, -0.2) is 28.6 Å². The van der Waals surface area contributed by atoms with Crippen molar-refractivity contribution >= 4 is 16.8 Å². The maximum Gasteiger partial charge on any atom is 0.253 e. The average Bonchev–Trinajstić information content (AvgIpc) is 2.62. The summed E-state index contributed by atoms with van der Waals surface area (Å²) >= 11 is 0. The molecule has 0 unspecified atom stereocenters. The zero-order valence-electron chi connectivity index (χ0n) is 10.9. The molecule has 1 amide bonds. The van der Waals surface area contributed by atoms with Crippen LogP contribution in [0.5, 0.6) is 0 Å². The number of fused-ring (bicyclic) bond motifs is 1. The second-order valence-corrected chi connectivity index (χ2v) is 4.66. The van der Waals surface area contributed by atoms with Gasteiger partial charge in [0.25, 0.3) is 5.91 Å². The number of benzene rings is 1. The lowest BCUT2D eigenvalue weighted by Crippen LogP contribution is -2.30. The molecule has 4 heteroatoms. The minimum atomic E-state index is -0.541. The number of amides is 1.